The molecule has 8 nitrogen and oxygen atoms in total. The number of fused-ring (bicyclic) bond motifs is 7. The quantitative estimate of drug-likeness (QED) is 0.279. The van der Waals surface area contributed by atoms with Crippen LogP contribution in [-0.4, -0.2) is 54.9 Å². The van der Waals surface area contributed by atoms with Crippen LogP contribution < -0.4 is 4.72 Å². The smallest absolute Gasteiger partial charge is 0.240 e. The standard InChI is InChI=1S/C43H54N2O6S/c1-2-35-26-43(35,42(48)44-52(49,50)37-21-22-37)27-40(46)39-25-36-28-45(39)41(47)38(32-16-8-6-9-17-32)20-10-5-3-4-7-13-30-14-11-18-33(23-30)34-19-12-15-31(24-34)29-51-36/h2,7,11-15,18-19,23-24,32,35-39H,1,3-6,8-10,16-17,20-22,25-29H2,(H,44,48)/b13-7+/t35-,36-,38+,39+,43-/m1/s1. The van der Waals surface area contributed by atoms with Crippen molar-refractivity contribution in [2.75, 3.05) is 6.54 Å². The van der Waals surface area contributed by atoms with Crippen LogP contribution in [0, 0.1) is 23.2 Å². The summed E-state index contributed by atoms with van der Waals surface area (Å²) < 4.78 is 34.3. The Morgan fingerprint density at radius 3 is 2.42 bits per heavy atom. The molecule has 5 atom stereocenters. The fourth-order valence-electron chi connectivity index (χ4n) is 8.98. The fourth-order valence-corrected chi connectivity index (χ4v) is 10.4. The van der Waals surface area contributed by atoms with Gasteiger partial charge in [-0.3, -0.25) is 19.1 Å². The zero-order valence-electron chi connectivity index (χ0n) is 30.3. The number of sulfonamides is 1. The van der Waals surface area contributed by atoms with Gasteiger partial charge in [0.2, 0.25) is 21.8 Å². The number of hydrogen-bond acceptors (Lipinski definition) is 6. The van der Waals surface area contributed by atoms with E-state index in [2.05, 4.69) is 59.9 Å². The van der Waals surface area contributed by atoms with Crippen molar-refractivity contribution in [3.63, 3.8) is 0 Å². The van der Waals surface area contributed by atoms with Crippen LogP contribution in [0.1, 0.15) is 107 Å². The molecule has 1 N–H and O–H groups in total. The predicted octanol–water partition coefficient (Wildman–Crippen LogP) is 7.77. The molecule has 0 spiro atoms. The topological polar surface area (TPSA) is 110 Å². The fraction of sp³-hybridized carbons (Fsp3) is 0.558. The molecule has 6 bridgehead atoms. The first kappa shape index (κ1) is 36.8. The van der Waals surface area contributed by atoms with E-state index in [0.717, 1.165) is 74.5 Å². The normalized spacial score (nSPS) is 29.5. The molecule has 7 rings (SSSR count). The summed E-state index contributed by atoms with van der Waals surface area (Å²) in [5.74, 6) is -0.932. The van der Waals surface area contributed by atoms with Crippen LogP contribution in [0.3, 0.4) is 0 Å². The Labute approximate surface area is 309 Å². The Balaban J connectivity index is 1.15. The van der Waals surface area contributed by atoms with E-state index in [1.165, 1.54) is 12.0 Å². The van der Waals surface area contributed by atoms with Gasteiger partial charge in [-0.2, -0.15) is 0 Å². The Hall–Kier alpha value is -3.56. The summed E-state index contributed by atoms with van der Waals surface area (Å²) in [6, 6.07) is 16.1. The Bertz CT molecular complexity index is 1790. The number of carbonyl (C=O) groups is 3. The third-order valence-electron chi connectivity index (χ3n) is 12.3. The van der Waals surface area contributed by atoms with Crippen molar-refractivity contribution in [3.05, 3.63) is 78.4 Å². The van der Waals surface area contributed by atoms with Gasteiger partial charge >= 0.3 is 0 Å². The molecular formula is C43H54N2O6S. The van der Waals surface area contributed by atoms with E-state index >= 15 is 0 Å². The lowest BCUT2D eigenvalue weighted by Crippen LogP contribution is -2.47. The number of nitrogens with zero attached hydrogens (tertiary/aromatic N) is 1. The van der Waals surface area contributed by atoms with Crippen molar-refractivity contribution in [3.8, 4) is 11.1 Å². The predicted molar refractivity (Wildman–Crippen MR) is 203 cm³/mol. The number of benzene rings is 2. The number of rotatable bonds is 8. The Kier molecular flexibility index (Phi) is 11.2. The highest BCUT2D eigenvalue weighted by atomic mass is 32.2. The largest absolute Gasteiger partial charge is 0.372 e. The van der Waals surface area contributed by atoms with E-state index in [4.69, 9.17) is 4.74 Å². The number of amides is 2. The summed E-state index contributed by atoms with van der Waals surface area (Å²) in [5.41, 5.74) is 3.27. The third kappa shape index (κ3) is 8.31. The molecule has 0 radical (unpaired) electrons. The highest BCUT2D eigenvalue weighted by Gasteiger charge is 2.61. The number of hydrogen-bond donors (Lipinski definition) is 1. The number of allylic oxidation sites excluding steroid dienone is 2. The molecule has 0 aromatic heterocycles. The number of nitrogens with one attached hydrogen (secondary N) is 1. The zero-order chi connectivity index (χ0) is 36.3. The van der Waals surface area contributed by atoms with Gasteiger partial charge in [-0.15, -0.1) is 6.58 Å². The van der Waals surface area contributed by atoms with Crippen LogP contribution in [0.2, 0.25) is 0 Å². The summed E-state index contributed by atoms with van der Waals surface area (Å²) in [6.07, 6.45) is 17.7. The highest BCUT2D eigenvalue weighted by molar-refractivity contribution is 7.90. The molecule has 9 heteroatoms. The number of ketones is 1. The first-order chi connectivity index (χ1) is 25.2. The summed E-state index contributed by atoms with van der Waals surface area (Å²) in [5, 5.41) is -0.544. The van der Waals surface area contributed by atoms with Gasteiger partial charge in [-0.1, -0.05) is 86.7 Å². The molecule has 52 heavy (non-hydrogen) atoms. The van der Waals surface area contributed by atoms with Gasteiger partial charge in [0.05, 0.1) is 29.4 Å². The molecule has 3 saturated carbocycles. The van der Waals surface area contributed by atoms with Crippen molar-refractivity contribution >= 4 is 33.7 Å². The zero-order valence-corrected chi connectivity index (χ0v) is 31.2. The van der Waals surface area contributed by atoms with Crippen molar-refractivity contribution in [2.24, 2.45) is 23.2 Å². The molecule has 2 amide bonds. The molecule has 0 unspecified atom stereocenters. The molecule has 2 aliphatic heterocycles. The van der Waals surface area contributed by atoms with Gasteiger partial charge in [-0.25, -0.2) is 8.42 Å². The lowest BCUT2D eigenvalue weighted by Gasteiger charge is -2.34. The van der Waals surface area contributed by atoms with E-state index in [-0.39, 0.29) is 36.1 Å². The maximum Gasteiger partial charge on any atom is 0.240 e. The summed E-state index contributed by atoms with van der Waals surface area (Å²) in [4.78, 5) is 44.6. The molecular weight excluding hydrogens is 673 g/mol. The second-order valence-corrected chi connectivity index (χ2v) is 18.0. The lowest BCUT2D eigenvalue weighted by atomic mass is 9.77. The molecule has 2 heterocycles. The van der Waals surface area contributed by atoms with Crippen LogP contribution in [0.5, 0.6) is 0 Å². The number of Topliss-reactive ketones (excluding diaryl/α,β-unsaturated/α-hetero) is 1. The van der Waals surface area contributed by atoms with Crippen LogP contribution in [-0.2, 0) is 35.8 Å². The third-order valence-corrected chi connectivity index (χ3v) is 14.2. The van der Waals surface area contributed by atoms with Gasteiger partial charge < -0.3 is 9.64 Å². The van der Waals surface area contributed by atoms with Gasteiger partial charge in [0, 0.05) is 25.3 Å². The maximum atomic E-state index is 14.8. The Morgan fingerprint density at radius 1 is 0.942 bits per heavy atom. The summed E-state index contributed by atoms with van der Waals surface area (Å²) >= 11 is 0. The van der Waals surface area contributed by atoms with E-state index in [1.807, 2.05) is 12.1 Å². The average molecular weight is 727 g/mol. The first-order valence-corrected chi connectivity index (χ1v) is 21.2. The summed E-state index contributed by atoms with van der Waals surface area (Å²) in [7, 11) is -3.77. The van der Waals surface area contributed by atoms with Gasteiger partial charge in [-0.05, 0) is 97.6 Å². The van der Waals surface area contributed by atoms with E-state index in [0.29, 0.717) is 44.8 Å². The minimum Gasteiger partial charge on any atom is -0.372 e. The van der Waals surface area contributed by atoms with Gasteiger partial charge in [0.1, 0.15) is 0 Å². The van der Waals surface area contributed by atoms with Crippen molar-refractivity contribution < 1.29 is 27.5 Å². The van der Waals surface area contributed by atoms with Crippen molar-refractivity contribution in [1.29, 1.82) is 0 Å². The number of carbonyl (C=O) groups excluding carboxylic acids is 3. The van der Waals surface area contributed by atoms with Gasteiger partial charge in [0.15, 0.2) is 5.78 Å². The van der Waals surface area contributed by atoms with E-state index in [1.54, 1.807) is 11.0 Å². The maximum absolute atomic E-state index is 14.8. The average Bonchev–Trinajstić information content (AvgIpc) is 4.08. The Morgan fingerprint density at radius 2 is 1.67 bits per heavy atom. The molecule has 2 aromatic rings. The van der Waals surface area contributed by atoms with Crippen molar-refractivity contribution in [1.82, 2.24) is 9.62 Å². The minimum absolute atomic E-state index is 0.0389. The van der Waals surface area contributed by atoms with Crippen LogP contribution in [0.15, 0.2) is 67.3 Å². The monoisotopic (exact) mass is 726 g/mol. The minimum atomic E-state index is -3.77. The molecule has 2 aromatic carbocycles. The summed E-state index contributed by atoms with van der Waals surface area (Å²) in [6.45, 7) is 4.55. The molecule has 1 saturated heterocycles. The van der Waals surface area contributed by atoms with E-state index < -0.39 is 32.6 Å². The SMILES string of the molecule is C=C[C@@H]1C[C@]1(CC(=O)[C@@H]1C[C@@H]2CN1C(=O)[C@H](C1CCCCC1)CCCCC/C=C/c1cccc(c1)-c1cccc(c1)CO2)C(=O)NS(=O)(=O)C1CC1. The second-order valence-electron chi connectivity index (χ2n) is 16.1. The van der Waals surface area contributed by atoms with Gasteiger partial charge in [0.25, 0.3) is 0 Å². The molecule has 278 valence electrons. The molecule has 3 aliphatic carbocycles. The first-order valence-electron chi connectivity index (χ1n) is 19.7. The molecule has 4 fully saturated rings. The number of ether oxygens (including phenoxy) is 1. The lowest BCUT2D eigenvalue weighted by molar-refractivity contribution is -0.144. The van der Waals surface area contributed by atoms with Crippen LogP contribution in [0.25, 0.3) is 17.2 Å². The van der Waals surface area contributed by atoms with E-state index in [9.17, 15) is 22.8 Å². The highest BCUT2D eigenvalue weighted by Crippen LogP contribution is 2.57. The second kappa shape index (κ2) is 15.8. The van der Waals surface area contributed by atoms with Crippen LogP contribution >= 0.6 is 0 Å². The van der Waals surface area contributed by atoms with Crippen LogP contribution in [0.4, 0.5) is 0 Å². The van der Waals surface area contributed by atoms with Crippen molar-refractivity contribution in [2.45, 2.75) is 120 Å². The molecule has 5 aliphatic rings.